The smallest absolute Gasteiger partial charge is 0.262 e. The topological polar surface area (TPSA) is 77.9 Å². The Morgan fingerprint density at radius 1 is 1.11 bits per heavy atom. The van der Waals surface area contributed by atoms with Crippen molar-refractivity contribution >= 4 is 23.4 Å². The number of rotatable bonds is 2. The van der Waals surface area contributed by atoms with E-state index in [-0.39, 0.29) is 24.1 Å². The highest BCUT2D eigenvalue weighted by molar-refractivity contribution is 6.22. The quantitative estimate of drug-likeness (QED) is 0.814. The Labute approximate surface area is 163 Å². The van der Waals surface area contributed by atoms with Crippen LogP contribution in [0.15, 0.2) is 42.5 Å². The SMILES string of the molecule is CC1CC(C)(C)N(C(=O)CN2C(=O)c3ccccc3C2=O)c2ccc(O)cc21. The summed E-state index contributed by atoms with van der Waals surface area (Å²) in [6, 6.07) is 11.6. The molecule has 0 saturated carbocycles. The lowest BCUT2D eigenvalue weighted by atomic mass is 9.80. The van der Waals surface area contributed by atoms with Crippen molar-refractivity contribution in [1.29, 1.82) is 0 Å². The predicted molar refractivity (Wildman–Crippen MR) is 105 cm³/mol. The van der Waals surface area contributed by atoms with Crippen molar-refractivity contribution in [3.05, 3.63) is 59.2 Å². The second-order valence-electron chi connectivity index (χ2n) is 8.13. The van der Waals surface area contributed by atoms with Crippen LogP contribution in [0.5, 0.6) is 5.75 Å². The number of imide groups is 1. The zero-order chi connectivity index (χ0) is 20.2. The summed E-state index contributed by atoms with van der Waals surface area (Å²) in [5, 5.41) is 9.86. The Hall–Kier alpha value is -3.15. The summed E-state index contributed by atoms with van der Waals surface area (Å²) < 4.78 is 0. The van der Waals surface area contributed by atoms with Gasteiger partial charge >= 0.3 is 0 Å². The van der Waals surface area contributed by atoms with Crippen molar-refractivity contribution in [3.63, 3.8) is 0 Å². The van der Waals surface area contributed by atoms with Crippen LogP contribution >= 0.6 is 0 Å². The number of carbonyl (C=O) groups excluding carboxylic acids is 3. The lowest BCUT2D eigenvalue weighted by molar-refractivity contribution is -0.120. The van der Waals surface area contributed by atoms with Gasteiger partial charge in [-0.15, -0.1) is 0 Å². The molecule has 0 radical (unpaired) electrons. The van der Waals surface area contributed by atoms with Crippen LogP contribution in [0.3, 0.4) is 0 Å². The largest absolute Gasteiger partial charge is 0.508 e. The lowest BCUT2D eigenvalue weighted by Gasteiger charge is -2.46. The molecule has 0 saturated heterocycles. The number of benzene rings is 2. The Bertz CT molecular complexity index is 976. The average Bonchev–Trinajstić information content (AvgIpc) is 2.87. The van der Waals surface area contributed by atoms with Crippen molar-refractivity contribution in [3.8, 4) is 5.75 Å². The molecular weight excluding hydrogens is 356 g/mol. The Balaban J connectivity index is 1.68. The zero-order valence-corrected chi connectivity index (χ0v) is 16.1. The van der Waals surface area contributed by atoms with Crippen molar-refractivity contribution in [2.45, 2.75) is 38.6 Å². The number of hydrogen-bond acceptors (Lipinski definition) is 4. The molecule has 0 aromatic heterocycles. The average molecular weight is 378 g/mol. The summed E-state index contributed by atoms with van der Waals surface area (Å²) in [5.41, 5.74) is 1.77. The van der Waals surface area contributed by atoms with Crippen LogP contribution in [0, 0.1) is 0 Å². The third kappa shape index (κ3) is 2.68. The molecule has 0 fully saturated rings. The van der Waals surface area contributed by atoms with Crippen molar-refractivity contribution in [2.24, 2.45) is 0 Å². The molecular formula is C22H22N2O4. The summed E-state index contributed by atoms with van der Waals surface area (Å²) in [6.45, 7) is 5.69. The van der Waals surface area contributed by atoms with Gasteiger partial charge in [-0.25, -0.2) is 0 Å². The fourth-order valence-corrected chi connectivity index (χ4v) is 4.48. The van der Waals surface area contributed by atoms with E-state index in [4.69, 9.17) is 0 Å². The molecule has 6 nitrogen and oxygen atoms in total. The number of phenols is 1. The lowest BCUT2D eigenvalue weighted by Crippen LogP contribution is -2.55. The Morgan fingerprint density at radius 3 is 2.32 bits per heavy atom. The molecule has 1 N–H and O–H groups in total. The second kappa shape index (κ2) is 6.19. The highest BCUT2D eigenvalue weighted by atomic mass is 16.3. The number of anilines is 1. The summed E-state index contributed by atoms with van der Waals surface area (Å²) >= 11 is 0. The molecule has 1 atom stereocenters. The summed E-state index contributed by atoms with van der Waals surface area (Å²) in [7, 11) is 0. The first kappa shape index (κ1) is 18.2. The van der Waals surface area contributed by atoms with E-state index in [0.29, 0.717) is 23.2 Å². The molecule has 2 aromatic carbocycles. The van der Waals surface area contributed by atoms with Gasteiger partial charge in [-0.3, -0.25) is 19.3 Å². The van der Waals surface area contributed by atoms with E-state index >= 15 is 0 Å². The van der Waals surface area contributed by atoms with Crippen LogP contribution in [0.2, 0.25) is 0 Å². The minimum Gasteiger partial charge on any atom is -0.508 e. The van der Waals surface area contributed by atoms with Gasteiger partial charge in [0.2, 0.25) is 5.91 Å². The molecule has 2 heterocycles. The monoisotopic (exact) mass is 378 g/mol. The molecule has 2 aliphatic heterocycles. The molecule has 0 aliphatic carbocycles. The van der Waals surface area contributed by atoms with Crippen LogP contribution < -0.4 is 4.90 Å². The number of hydrogen-bond donors (Lipinski definition) is 1. The van der Waals surface area contributed by atoms with Crippen LogP contribution in [-0.2, 0) is 4.79 Å². The fourth-order valence-electron chi connectivity index (χ4n) is 4.48. The normalized spacial score (nSPS) is 20.2. The molecule has 3 amide bonds. The first-order valence-corrected chi connectivity index (χ1v) is 9.32. The van der Waals surface area contributed by atoms with Crippen LogP contribution in [0.1, 0.15) is 59.4 Å². The van der Waals surface area contributed by atoms with E-state index in [1.807, 2.05) is 13.8 Å². The number of phenolic OH excluding ortho intramolecular Hbond substituents is 1. The van der Waals surface area contributed by atoms with E-state index in [1.165, 1.54) is 0 Å². The fraction of sp³-hybridized carbons (Fsp3) is 0.318. The highest BCUT2D eigenvalue weighted by Gasteiger charge is 2.43. The van der Waals surface area contributed by atoms with Crippen LogP contribution in [0.4, 0.5) is 5.69 Å². The van der Waals surface area contributed by atoms with Gasteiger partial charge < -0.3 is 10.0 Å². The Morgan fingerprint density at radius 2 is 1.71 bits per heavy atom. The van der Waals surface area contributed by atoms with E-state index < -0.39 is 17.4 Å². The molecule has 2 aliphatic rings. The maximum absolute atomic E-state index is 13.3. The molecule has 1 unspecified atom stereocenters. The maximum atomic E-state index is 13.3. The molecule has 0 bridgehead atoms. The number of amides is 3. The minimum atomic E-state index is -0.487. The van der Waals surface area contributed by atoms with Gasteiger partial charge in [-0.05, 0) is 62.1 Å². The Kier molecular flexibility index (Phi) is 4.03. The van der Waals surface area contributed by atoms with E-state index in [2.05, 4.69) is 6.92 Å². The number of aromatic hydroxyl groups is 1. The van der Waals surface area contributed by atoms with Crippen molar-refractivity contribution in [1.82, 2.24) is 4.90 Å². The van der Waals surface area contributed by atoms with Gasteiger partial charge in [0.05, 0.1) is 11.1 Å². The van der Waals surface area contributed by atoms with E-state index in [1.54, 1.807) is 47.4 Å². The molecule has 2 aromatic rings. The van der Waals surface area contributed by atoms with Gasteiger partial charge in [0.25, 0.3) is 11.8 Å². The highest BCUT2D eigenvalue weighted by Crippen LogP contribution is 2.44. The zero-order valence-electron chi connectivity index (χ0n) is 16.1. The van der Waals surface area contributed by atoms with E-state index in [9.17, 15) is 19.5 Å². The van der Waals surface area contributed by atoms with Crippen LogP contribution in [0.25, 0.3) is 0 Å². The molecule has 144 valence electrons. The number of fused-ring (bicyclic) bond motifs is 2. The first-order chi connectivity index (χ1) is 13.2. The van der Waals surface area contributed by atoms with Gasteiger partial charge in [-0.1, -0.05) is 19.1 Å². The third-order valence-corrected chi connectivity index (χ3v) is 5.61. The maximum Gasteiger partial charge on any atom is 0.262 e. The van der Waals surface area contributed by atoms with E-state index in [0.717, 1.165) is 10.5 Å². The minimum absolute atomic E-state index is 0.151. The second-order valence-corrected chi connectivity index (χ2v) is 8.13. The molecule has 6 heteroatoms. The number of carbonyl (C=O) groups is 3. The summed E-state index contributed by atoms with van der Waals surface area (Å²) in [6.07, 6.45) is 0.706. The van der Waals surface area contributed by atoms with Crippen molar-refractivity contribution in [2.75, 3.05) is 11.4 Å². The molecule has 0 spiro atoms. The summed E-state index contributed by atoms with van der Waals surface area (Å²) in [4.78, 5) is 41.2. The summed E-state index contributed by atoms with van der Waals surface area (Å²) in [5.74, 6) is -0.886. The van der Waals surface area contributed by atoms with Crippen LogP contribution in [-0.4, -0.2) is 39.8 Å². The molecule has 4 rings (SSSR count). The van der Waals surface area contributed by atoms with Crippen molar-refractivity contribution < 1.29 is 19.5 Å². The van der Waals surface area contributed by atoms with Gasteiger partial charge in [0.15, 0.2) is 0 Å². The van der Waals surface area contributed by atoms with Gasteiger partial charge in [0, 0.05) is 11.2 Å². The third-order valence-electron chi connectivity index (χ3n) is 5.61. The number of nitrogens with zero attached hydrogens (tertiary/aromatic N) is 2. The standard InChI is InChI=1S/C22H22N2O4/c1-13-11-22(2,3)24(18-9-8-14(25)10-17(13)18)19(26)12-23-20(27)15-6-4-5-7-16(15)21(23)28/h4-10,13,25H,11-12H2,1-3H3. The van der Waals surface area contributed by atoms with Gasteiger partial charge in [0.1, 0.15) is 12.3 Å². The van der Waals surface area contributed by atoms with Gasteiger partial charge in [-0.2, -0.15) is 0 Å². The first-order valence-electron chi connectivity index (χ1n) is 9.32. The molecule has 28 heavy (non-hydrogen) atoms. The predicted octanol–water partition coefficient (Wildman–Crippen LogP) is 3.31.